The van der Waals surface area contributed by atoms with Crippen LogP contribution >= 0.6 is 0 Å². The third kappa shape index (κ3) is 12.9. The van der Waals surface area contributed by atoms with Gasteiger partial charge in [0.05, 0.1) is 34.2 Å². The van der Waals surface area contributed by atoms with Crippen molar-refractivity contribution >= 4 is 39.4 Å². The van der Waals surface area contributed by atoms with E-state index in [1.54, 1.807) is 0 Å². The van der Waals surface area contributed by atoms with Gasteiger partial charge in [0.2, 0.25) is 0 Å². The van der Waals surface area contributed by atoms with E-state index in [4.69, 9.17) is 20.0 Å². The maximum absolute atomic E-state index is 14.1. The summed E-state index contributed by atoms with van der Waals surface area (Å²) in [6.07, 6.45) is 11.7. The topological polar surface area (TPSA) is 74.2 Å². The molecule has 83 heavy (non-hydrogen) atoms. The molecule has 5 nitrogen and oxygen atoms in total. The van der Waals surface area contributed by atoms with E-state index < -0.39 is 0 Å². The van der Waals surface area contributed by atoms with Crippen molar-refractivity contribution in [3.8, 4) is 0 Å². The third-order valence-corrected chi connectivity index (χ3v) is 16.7. The summed E-state index contributed by atoms with van der Waals surface area (Å²) >= 11 is 0. The third-order valence-electron chi connectivity index (χ3n) is 16.7. The van der Waals surface area contributed by atoms with E-state index in [9.17, 15) is 5.11 Å². The van der Waals surface area contributed by atoms with Crippen molar-refractivity contribution in [3.63, 3.8) is 0 Å². The molecule has 5 aromatic rings. The average molecular weight is 1150 g/mol. The SMILES string of the molecule is CC(C)(C)c1cc(C2=C3C=CC(=N3)C(c3cc(C(C)(C)C)cc(C(C)(C)C)c3)=C3C=CC(=N3)C(c3cc(C(C)(C)C)cc(C(C)(C)C)c3)=c3ccc([n-]3)=C(c3cc(C(C)(C)C)cc(C(C)(C)C)c3)C3=NC2=CC3=C[O-])cc(C(C)(C)C)c1.[Cu+2]. The summed E-state index contributed by atoms with van der Waals surface area (Å²) in [6, 6.07) is 32.4. The van der Waals surface area contributed by atoms with Crippen LogP contribution in [0, 0.1) is 0 Å². The summed E-state index contributed by atoms with van der Waals surface area (Å²) in [5, 5.41) is 15.6. The maximum Gasteiger partial charge on any atom is 2.00 e. The van der Waals surface area contributed by atoms with Crippen LogP contribution < -0.4 is 20.8 Å². The largest absolute Gasteiger partial charge is 2.00 e. The fourth-order valence-electron chi connectivity index (χ4n) is 11.0. The van der Waals surface area contributed by atoms with E-state index in [1.807, 2.05) is 6.08 Å². The normalized spacial score (nSPS) is 16.9. The zero-order valence-electron chi connectivity index (χ0n) is 54.5. The van der Waals surface area contributed by atoms with Gasteiger partial charge in [-0.25, -0.2) is 15.0 Å². The zero-order valence-corrected chi connectivity index (χ0v) is 55.5. The standard InChI is InChI=1S/C77H93N4O.Cu/c1-70(2,3)50-31-45(32-51(40-50)71(4,5)6)65-58-25-26-59(78-58)66(46-33-52(72(7,8)9)41-53(34-46)73(10,11)12)61-29-30-63(80-61)68(48-37-56(76(19,20)21)43-57(38-48)77(22,23)24)69-49(44-82)39-64(81-69)67(62-28-27-60(65)79-62)47-35-54(74(13,14)15)42-55(36-47)75(16,17)18;/h25-44H,1-24H3,(H-,78,79,80,81,82);/q-1;+2/p-1. The van der Waals surface area contributed by atoms with Gasteiger partial charge in [-0.15, -0.1) is 17.0 Å². The van der Waals surface area contributed by atoms with Crippen molar-refractivity contribution in [1.82, 2.24) is 4.98 Å². The van der Waals surface area contributed by atoms with E-state index in [0.29, 0.717) is 17.0 Å². The van der Waals surface area contributed by atoms with Crippen LogP contribution in [0.2, 0.25) is 0 Å². The monoisotopic (exact) mass is 1150 g/mol. The van der Waals surface area contributed by atoms with Gasteiger partial charge in [-0.1, -0.05) is 251 Å². The van der Waals surface area contributed by atoms with Gasteiger partial charge < -0.3 is 10.1 Å². The molecule has 1 radical (unpaired) electrons. The summed E-state index contributed by atoms with van der Waals surface area (Å²) in [5.74, 6) is 0. The second-order valence-corrected chi connectivity index (χ2v) is 31.9. The Morgan fingerprint density at radius 2 is 0.614 bits per heavy atom. The molecule has 5 heterocycles. The fourth-order valence-corrected chi connectivity index (χ4v) is 11.0. The molecule has 0 aliphatic carbocycles. The number of aliphatic imine (C=N–C) groups is 3. The summed E-state index contributed by atoms with van der Waals surface area (Å²) < 4.78 is 0. The number of rotatable bonds is 4. The van der Waals surface area contributed by atoms with Gasteiger partial charge in [0.1, 0.15) is 0 Å². The second kappa shape index (κ2) is 21.3. The Morgan fingerprint density at radius 3 is 0.940 bits per heavy atom. The number of aromatic nitrogens is 1. The number of fused-ring (bicyclic) bond motifs is 5. The first-order chi connectivity index (χ1) is 37.6. The van der Waals surface area contributed by atoms with Gasteiger partial charge in [-0.2, -0.15) is 0 Å². The van der Waals surface area contributed by atoms with Crippen LogP contribution in [-0.2, 0) is 60.4 Å². The van der Waals surface area contributed by atoms with E-state index >= 15 is 0 Å². The van der Waals surface area contributed by atoms with Gasteiger partial charge >= 0.3 is 17.1 Å². The van der Waals surface area contributed by atoms with Crippen LogP contribution in [0.25, 0.3) is 22.3 Å². The molecular weight excluding hydrogens is 1060 g/mol. The molecule has 0 saturated heterocycles. The van der Waals surface area contributed by atoms with Crippen molar-refractivity contribution < 1.29 is 22.2 Å². The smallest absolute Gasteiger partial charge is 0.877 e. The molecule has 0 N–H and O–H groups in total. The predicted molar refractivity (Wildman–Crippen MR) is 350 cm³/mol. The minimum atomic E-state index is -0.189. The Balaban J connectivity index is 0.00000900. The van der Waals surface area contributed by atoms with Gasteiger partial charge in [-0.3, -0.25) is 0 Å². The van der Waals surface area contributed by atoms with Gasteiger partial charge in [0.25, 0.3) is 0 Å². The first-order valence-electron chi connectivity index (χ1n) is 29.8. The Labute approximate surface area is 509 Å². The van der Waals surface area contributed by atoms with Gasteiger partial charge in [-0.05, 0) is 157 Å². The molecular formula is C77H92CuN4O. The summed E-state index contributed by atoms with van der Waals surface area (Å²) in [6.45, 7) is 54.8. The first kappa shape index (κ1) is 62.7. The zero-order chi connectivity index (χ0) is 60.4. The summed E-state index contributed by atoms with van der Waals surface area (Å²) in [4.78, 5) is 23.2. The van der Waals surface area contributed by atoms with Gasteiger partial charge in [0.15, 0.2) is 0 Å². The number of benzene rings is 4. The average Bonchev–Trinajstić information content (AvgIpc) is 4.36. The van der Waals surface area contributed by atoms with Crippen molar-refractivity contribution in [1.29, 1.82) is 0 Å². The molecule has 0 spiro atoms. The molecule has 0 unspecified atom stereocenters. The minimum Gasteiger partial charge on any atom is -0.877 e. The number of allylic oxidation sites excluding steroid dienone is 8. The van der Waals surface area contributed by atoms with Crippen molar-refractivity contribution in [3.05, 3.63) is 222 Å². The number of hydrogen-bond acceptors (Lipinski definition) is 4. The van der Waals surface area contributed by atoms with Crippen molar-refractivity contribution in [2.24, 2.45) is 15.0 Å². The maximum atomic E-state index is 14.1. The van der Waals surface area contributed by atoms with Crippen molar-refractivity contribution in [2.75, 3.05) is 0 Å². The van der Waals surface area contributed by atoms with E-state index in [2.05, 4.69) is 275 Å². The van der Waals surface area contributed by atoms with Crippen LogP contribution in [0.15, 0.2) is 159 Å². The van der Waals surface area contributed by atoms with Crippen LogP contribution in [0.5, 0.6) is 0 Å². The molecule has 0 atom stereocenters. The van der Waals surface area contributed by atoms with Crippen LogP contribution in [-0.4, -0.2) is 17.1 Å². The number of nitrogens with zero attached hydrogens (tertiary/aromatic N) is 4. The number of hydrogen-bond donors (Lipinski definition) is 0. The van der Waals surface area contributed by atoms with Gasteiger partial charge in [0, 0.05) is 11.1 Å². The molecule has 0 fully saturated rings. The summed E-state index contributed by atoms with van der Waals surface area (Å²) in [5.41, 5.74) is 21.0. The Kier molecular flexibility index (Phi) is 16.1. The molecule has 0 amide bonds. The van der Waals surface area contributed by atoms with Crippen LogP contribution in [0.3, 0.4) is 0 Å². The molecule has 1 aromatic heterocycles. The molecule has 4 aliphatic heterocycles. The molecule has 4 aromatic carbocycles. The Hall–Kier alpha value is -6.33. The Morgan fingerprint density at radius 1 is 0.337 bits per heavy atom. The quantitative estimate of drug-likeness (QED) is 0.133. The molecule has 4 aliphatic rings. The van der Waals surface area contributed by atoms with Crippen LogP contribution in [0.4, 0.5) is 0 Å². The summed E-state index contributed by atoms with van der Waals surface area (Å²) in [7, 11) is 0. The minimum absolute atomic E-state index is 0. The molecule has 8 bridgehead atoms. The molecule has 0 saturated carbocycles. The van der Waals surface area contributed by atoms with E-state index in [0.717, 1.165) is 84.3 Å². The molecule has 437 valence electrons. The second-order valence-electron chi connectivity index (χ2n) is 31.9. The van der Waals surface area contributed by atoms with Crippen molar-refractivity contribution in [2.45, 2.75) is 209 Å². The van der Waals surface area contributed by atoms with Crippen LogP contribution in [0.1, 0.15) is 233 Å². The fraction of sp³-hybridized carbons (Fsp3) is 0.416. The first-order valence-corrected chi connectivity index (χ1v) is 29.8. The molecule has 9 rings (SSSR count). The van der Waals surface area contributed by atoms with E-state index in [-0.39, 0.29) is 60.4 Å². The van der Waals surface area contributed by atoms with E-state index in [1.165, 1.54) is 44.5 Å². The Bertz CT molecular complexity index is 3770. The molecule has 6 heteroatoms. The predicted octanol–water partition coefficient (Wildman–Crippen LogP) is 16.9.